The molecule has 0 spiro atoms. The molecule has 2 aromatic rings. The van der Waals surface area contributed by atoms with Crippen LogP contribution in [0.1, 0.15) is 55.2 Å². The van der Waals surface area contributed by atoms with Crippen molar-refractivity contribution in [3.8, 4) is 5.75 Å². The van der Waals surface area contributed by atoms with Crippen LogP contribution in [0.2, 0.25) is 0 Å². The second kappa shape index (κ2) is 9.27. The minimum absolute atomic E-state index is 0.137. The lowest BCUT2D eigenvalue weighted by Crippen LogP contribution is -2.30. The molecule has 1 fully saturated rings. The van der Waals surface area contributed by atoms with E-state index in [1.807, 2.05) is 32.2 Å². The van der Waals surface area contributed by atoms with E-state index >= 15 is 0 Å². The topological polar surface area (TPSA) is 66.8 Å². The first-order chi connectivity index (χ1) is 14.0. The van der Waals surface area contributed by atoms with Crippen molar-refractivity contribution in [2.24, 2.45) is 0 Å². The average molecular weight is 414 g/mol. The number of aliphatic hydroxyl groups excluding tert-OH is 1. The highest BCUT2D eigenvalue weighted by molar-refractivity contribution is 7.10. The number of thiophene rings is 1. The first-order valence-corrected chi connectivity index (χ1v) is 10.9. The number of aryl methyl sites for hydroxylation is 1. The van der Waals surface area contributed by atoms with Crippen LogP contribution in [0, 0.1) is 6.92 Å². The van der Waals surface area contributed by atoms with Gasteiger partial charge in [-0.1, -0.05) is 20.3 Å². The lowest BCUT2D eigenvalue weighted by molar-refractivity contribution is -0.139. The number of likely N-dealkylation sites (tertiary alicyclic amines) is 1. The molecule has 154 valence electrons. The molecule has 1 unspecified atom stereocenters. The Balaban J connectivity index is 2.04. The van der Waals surface area contributed by atoms with Crippen LogP contribution in [-0.2, 0) is 9.59 Å². The van der Waals surface area contributed by atoms with E-state index in [2.05, 4.69) is 0 Å². The number of carbonyl (C=O) groups is 2. The van der Waals surface area contributed by atoms with E-state index in [-0.39, 0.29) is 11.3 Å². The Morgan fingerprint density at radius 1 is 1.14 bits per heavy atom. The van der Waals surface area contributed by atoms with E-state index in [9.17, 15) is 14.7 Å². The number of amides is 1. The molecule has 1 aliphatic rings. The van der Waals surface area contributed by atoms with Gasteiger partial charge in [-0.3, -0.25) is 9.59 Å². The molecule has 2 heterocycles. The van der Waals surface area contributed by atoms with Crippen LogP contribution in [0.25, 0.3) is 5.76 Å². The minimum Gasteiger partial charge on any atom is -0.507 e. The smallest absolute Gasteiger partial charge is 0.295 e. The van der Waals surface area contributed by atoms with Gasteiger partial charge in [-0.2, -0.15) is 0 Å². The summed E-state index contributed by atoms with van der Waals surface area (Å²) in [4.78, 5) is 28.2. The predicted molar refractivity (Wildman–Crippen MR) is 115 cm³/mol. The zero-order valence-corrected chi connectivity index (χ0v) is 17.9. The number of hydrogen-bond donors (Lipinski definition) is 1. The second-order valence-electron chi connectivity index (χ2n) is 7.19. The second-order valence-corrected chi connectivity index (χ2v) is 8.13. The molecule has 1 aromatic carbocycles. The van der Waals surface area contributed by atoms with Crippen molar-refractivity contribution in [2.45, 2.75) is 46.1 Å². The quantitative estimate of drug-likeness (QED) is 0.373. The van der Waals surface area contributed by atoms with E-state index in [0.29, 0.717) is 24.5 Å². The fourth-order valence-corrected chi connectivity index (χ4v) is 4.51. The maximum absolute atomic E-state index is 12.9. The van der Waals surface area contributed by atoms with E-state index in [4.69, 9.17) is 4.74 Å². The SMILES string of the molecule is CCCCN1C(=O)C(=O)/C(=C(\O)c2ccc(OCCC)cc2)C1c1sccc1C. The Morgan fingerprint density at radius 2 is 1.86 bits per heavy atom. The van der Waals surface area contributed by atoms with Crippen molar-refractivity contribution in [3.05, 3.63) is 57.3 Å². The lowest BCUT2D eigenvalue weighted by Gasteiger charge is -2.24. The number of Topliss-reactive ketones (excluding diaryl/α,β-unsaturated/α-hetero) is 1. The number of ether oxygens (including phenoxy) is 1. The average Bonchev–Trinajstić information content (AvgIpc) is 3.25. The molecular weight excluding hydrogens is 386 g/mol. The van der Waals surface area contributed by atoms with Crippen LogP contribution < -0.4 is 4.74 Å². The first kappa shape index (κ1) is 21.1. The molecule has 6 heteroatoms. The number of hydrogen-bond acceptors (Lipinski definition) is 5. The highest BCUT2D eigenvalue weighted by atomic mass is 32.1. The van der Waals surface area contributed by atoms with Gasteiger partial charge in [-0.25, -0.2) is 0 Å². The van der Waals surface area contributed by atoms with Gasteiger partial charge in [0, 0.05) is 17.0 Å². The minimum atomic E-state index is -0.622. The summed E-state index contributed by atoms with van der Waals surface area (Å²) in [6.45, 7) is 7.15. The van der Waals surface area contributed by atoms with Gasteiger partial charge in [-0.15, -0.1) is 11.3 Å². The van der Waals surface area contributed by atoms with E-state index in [1.165, 1.54) is 11.3 Å². The largest absolute Gasteiger partial charge is 0.507 e. The summed E-state index contributed by atoms with van der Waals surface area (Å²) in [6.07, 6.45) is 2.62. The van der Waals surface area contributed by atoms with E-state index in [0.717, 1.165) is 29.7 Å². The van der Waals surface area contributed by atoms with Crippen LogP contribution in [0.3, 0.4) is 0 Å². The molecule has 0 bridgehead atoms. The molecule has 5 nitrogen and oxygen atoms in total. The summed E-state index contributed by atoms with van der Waals surface area (Å²) in [5.41, 5.74) is 1.68. The molecule has 29 heavy (non-hydrogen) atoms. The van der Waals surface area contributed by atoms with Crippen molar-refractivity contribution < 1.29 is 19.4 Å². The van der Waals surface area contributed by atoms with Crippen LogP contribution in [0.15, 0.2) is 41.3 Å². The highest BCUT2D eigenvalue weighted by Crippen LogP contribution is 2.42. The first-order valence-electron chi connectivity index (χ1n) is 10.0. The van der Waals surface area contributed by atoms with Gasteiger partial charge in [0.15, 0.2) is 0 Å². The molecule has 1 atom stereocenters. The molecule has 1 saturated heterocycles. The Kier molecular flexibility index (Phi) is 6.75. The fraction of sp³-hybridized carbons (Fsp3) is 0.391. The van der Waals surface area contributed by atoms with Gasteiger partial charge in [-0.05, 0) is 61.0 Å². The zero-order valence-electron chi connectivity index (χ0n) is 17.1. The summed E-state index contributed by atoms with van der Waals surface area (Å²) in [6, 6.07) is 8.40. The fourth-order valence-electron chi connectivity index (χ4n) is 3.46. The monoisotopic (exact) mass is 413 g/mol. The van der Waals surface area contributed by atoms with Crippen LogP contribution in [0.5, 0.6) is 5.75 Å². The third kappa shape index (κ3) is 4.22. The number of carbonyl (C=O) groups excluding carboxylic acids is 2. The van der Waals surface area contributed by atoms with Crippen LogP contribution >= 0.6 is 11.3 Å². The summed E-state index contributed by atoms with van der Waals surface area (Å²) in [5.74, 6) is -0.594. The molecule has 1 aliphatic heterocycles. The normalized spacial score (nSPS) is 18.4. The Morgan fingerprint density at radius 3 is 2.45 bits per heavy atom. The molecule has 1 N–H and O–H groups in total. The van der Waals surface area contributed by atoms with E-state index < -0.39 is 17.7 Å². The van der Waals surface area contributed by atoms with Crippen LogP contribution in [-0.4, -0.2) is 34.8 Å². The van der Waals surface area contributed by atoms with Crippen molar-refractivity contribution in [1.29, 1.82) is 0 Å². The molecule has 0 aliphatic carbocycles. The van der Waals surface area contributed by atoms with Gasteiger partial charge >= 0.3 is 0 Å². The lowest BCUT2D eigenvalue weighted by atomic mass is 9.98. The molecule has 3 rings (SSSR count). The maximum atomic E-state index is 12.9. The molecule has 1 aromatic heterocycles. The third-order valence-corrected chi connectivity index (χ3v) is 6.11. The maximum Gasteiger partial charge on any atom is 0.295 e. The predicted octanol–water partition coefficient (Wildman–Crippen LogP) is 5.07. The summed E-state index contributed by atoms with van der Waals surface area (Å²) < 4.78 is 5.59. The standard InChI is InChI=1S/C23H27NO4S/c1-4-6-12-24-19(22-15(3)11-14-29-22)18(21(26)23(24)27)20(25)16-7-9-17(10-8-16)28-13-5-2/h7-11,14,19,25H,4-6,12-13H2,1-3H3/b20-18-. The molecular formula is C23H27NO4S. The van der Waals surface area contributed by atoms with Crippen molar-refractivity contribution in [2.75, 3.05) is 13.2 Å². The van der Waals surface area contributed by atoms with Gasteiger partial charge in [0.2, 0.25) is 0 Å². The van der Waals surface area contributed by atoms with Crippen LogP contribution in [0.4, 0.5) is 0 Å². The Labute approximate surface area is 175 Å². The van der Waals surface area contributed by atoms with Crippen molar-refractivity contribution >= 4 is 28.8 Å². The third-order valence-electron chi connectivity index (χ3n) is 5.04. The molecule has 1 amide bonds. The number of aliphatic hydroxyl groups is 1. The highest BCUT2D eigenvalue weighted by Gasteiger charge is 2.46. The number of unbranched alkanes of at least 4 members (excludes halogenated alkanes) is 1. The zero-order chi connectivity index (χ0) is 21.0. The number of nitrogens with zero attached hydrogens (tertiary/aromatic N) is 1. The Hall–Kier alpha value is -2.60. The number of benzene rings is 1. The summed E-state index contributed by atoms with van der Waals surface area (Å²) >= 11 is 1.50. The molecule has 0 saturated carbocycles. The van der Waals surface area contributed by atoms with Gasteiger partial charge in [0.05, 0.1) is 18.2 Å². The van der Waals surface area contributed by atoms with E-state index in [1.54, 1.807) is 29.2 Å². The van der Waals surface area contributed by atoms with Gasteiger partial charge < -0.3 is 14.7 Å². The van der Waals surface area contributed by atoms with Crippen molar-refractivity contribution in [1.82, 2.24) is 4.90 Å². The summed E-state index contributed by atoms with van der Waals surface area (Å²) in [5, 5.41) is 13.0. The Bertz CT molecular complexity index is 913. The van der Waals surface area contributed by atoms with Crippen molar-refractivity contribution in [3.63, 3.8) is 0 Å². The van der Waals surface area contributed by atoms with Gasteiger partial charge in [0.25, 0.3) is 11.7 Å². The number of rotatable bonds is 8. The molecule has 0 radical (unpaired) electrons. The van der Waals surface area contributed by atoms with Gasteiger partial charge in [0.1, 0.15) is 11.5 Å². The summed E-state index contributed by atoms with van der Waals surface area (Å²) in [7, 11) is 0. The number of ketones is 1.